The lowest BCUT2D eigenvalue weighted by Gasteiger charge is -2.22. The highest BCUT2D eigenvalue weighted by molar-refractivity contribution is 6.30. The molecule has 0 bridgehead atoms. The van der Waals surface area contributed by atoms with Gasteiger partial charge in [-0.3, -0.25) is 4.79 Å². The van der Waals surface area contributed by atoms with Gasteiger partial charge in [0.05, 0.1) is 24.7 Å². The topological polar surface area (TPSA) is 66.8 Å². The molecular formula is C22H23ClFNO4. The number of hydrogen-bond donors (Lipinski definition) is 1. The maximum atomic E-state index is 14.2. The largest absolute Gasteiger partial charge is 0.449 e. The molecule has 1 saturated heterocycles. The summed E-state index contributed by atoms with van der Waals surface area (Å²) in [6, 6.07) is 11.9. The molecule has 2 amide bonds. The molecule has 1 fully saturated rings. The SMILES string of the molecule is CCCCOC(=O)N1C(=O)C(C(O)c2ccccc2F)CC1c1ccc(Cl)cc1. The van der Waals surface area contributed by atoms with Crippen molar-refractivity contribution >= 4 is 23.6 Å². The van der Waals surface area contributed by atoms with E-state index in [2.05, 4.69) is 0 Å². The van der Waals surface area contributed by atoms with Crippen molar-refractivity contribution in [1.29, 1.82) is 0 Å². The first-order chi connectivity index (χ1) is 13.9. The van der Waals surface area contributed by atoms with Crippen molar-refractivity contribution < 1.29 is 23.8 Å². The van der Waals surface area contributed by atoms with Gasteiger partial charge in [0.1, 0.15) is 5.82 Å². The van der Waals surface area contributed by atoms with Crippen LogP contribution < -0.4 is 0 Å². The Morgan fingerprint density at radius 2 is 1.97 bits per heavy atom. The third-order valence-corrected chi connectivity index (χ3v) is 5.38. The van der Waals surface area contributed by atoms with Gasteiger partial charge in [-0.15, -0.1) is 0 Å². The van der Waals surface area contributed by atoms with Gasteiger partial charge in [-0.1, -0.05) is 55.3 Å². The summed E-state index contributed by atoms with van der Waals surface area (Å²) in [6.45, 7) is 2.17. The second kappa shape index (κ2) is 9.37. The predicted molar refractivity (Wildman–Crippen MR) is 107 cm³/mol. The first kappa shape index (κ1) is 21.3. The van der Waals surface area contributed by atoms with Crippen LogP contribution in [0.25, 0.3) is 0 Å². The molecule has 3 atom stereocenters. The van der Waals surface area contributed by atoms with Gasteiger partial charge in [-0.2, -0.15) is 0 Å². The third-order valence-electron chi connectivity index (χ3n) is 5.12. The molecule has 1 aliphatic rings. The number of carbonyl (C=O) groups is 2. The average molecular weight is 420 g/mol. The van der Waals surface area contributed by atoms with Gasteiger partial charge in [0.15, 0.2) is 0 Å². The van der Waals surface area contributed by atoms with E-state index < -0.39 is 35.9 Å². The van der Waals surface area contributed by atoms with Crippen LogP contribution in [0.5, 0.6) is 0 Å². The average Bonchev–Trinajstić information content (AvgIpc) is 3.05. The number of nitrogens with zero attached hydrogens (tertiary/aromatic N) is 1. The summed E-state index contributed by atoms with van der Waals surface area (Å²) in [6.07, 6.45) is -0.450. The number of hydrogen-bond acceptors (Lipinski definition) is 4. The van der Waals surface area contributed by atoms with E-state index in [9.17, 15) is 19.1 Å². The molecule has 3 rings (SSSR count). The standard InChI is InChI=1S/C22H23ClFNO4/c1-2-3-12-29-22(28)25-19(14-8-10-15(23)11-9-14)13-17(21(25)27)20(26)16-6-4-5-7-18(16)24/h4-11,17,19-20,26H,2-3,12-13H2,1H3. The molecule has 0 saturated carbocycles. The summed E-state index contributed by atoms with van der Waals surface area (Å²) in [5, 5.41) is 11.3. The number of likely N-dealkylation sites (tertiary alicyclic amines) is 1. The van der Waals surface area contributed by atoms with Crippen LogP contribution in [0, 0.1) is 11.7 Å². The minimum absolute atomic E-state index is 0.0295. The smallest absolute Gasteiger partial charge is 0.417 e. The number of unbranched alkanes of at least 4 members (excludes halogenated alkanes) is 1. The molecule has 2 aromatic carbocycles. The van der Waals surface area contributed by atoms with E-state index >= 15 is 0 Å². The van der Waals surface area contributed by atoms with Crippen molar-refractivity contribution in [2.75, 3.05) is 6.61 Å². The Morgan fingerprint density at radius 3 is 2.62 bits per heavy atom. The highest BCUT2D eigenvalue weighted by Crippen LogP contribution is 2.43. The fourth-order valence-electron chi connectivity index (χ4n) is 3.54. The molecule has 29 heavy (non-hydrogen) atoms. The van der Waals surface area contributed by atoms with Crippen LogP contribution in [0.15, 0.2) is 48.5 Å². The van der Waals surface area contributed by atoms with E-state index in [1.165, 1.54) is 18.2 Å². The van der Waals surface area contributed by atoms with Crippen LogP contribution in [0.4, 0.5) is 9.18 Å². The molecule has 1 heterocycles. The normalized spacial score (nSPS) is 20.0. The van der Waals surface area contributed by atoms with Gasteiger partial charge >= 0.3 is 6.09 Å². The van der Waals surface area contributed by atoms with Crippen LogP contribution in [0.1, 0.15) is 49.5 Å². The van der Waals surface area contributed by atoms with Gasteiger partial charge in [0.25, 0.3) is 0 Å². The maximum Gasteiger partial charge on any atom is 0.417 e. The van der Waals surface area contributed by atoms with Crippen molar-refractivity contribution in [2.45, 2.75) is 38.3 Å². The highest BCUT2D eigenvalue weighted by atomic mass is 35.5. The van der Waals surface area contributed by atoms with Crippen LogP contribution >= 0.6 is 11.6 Å². The quantitative estimate of drug-likeness (QED) is 0.666. The Hall–Kier alpha value is -2.44. The van der Waals surface area contributed by atoms with Crippen molar-refractivity contribution in [3.8, 4) is 0 Å². The molecule has 1 aliphatic heterocycles. The second-order valence-corrected chi connectivity index (χ2v) is 7.49. The zero-order chi connectivity index (χ0) is 21.0. The minimum atomic E-state index is -1.37. The Morgan fingerprint density at radius 1 is 1.28 bits per heavy atom. The summed E-state index contributed by atoms with van der Waals surface area (Å²) in [5.74, 6) is -2.15. The molecule has 0 radical (unpaired) electrons. The van der Waals surface area contributed by atoms with Crippen molar-refractivity contribution in [2.24, 2.45) is 5.92 Å². The van der Waals surface area contributed by atoms with Gasteiger partial charge < -0.3 is 9.84 Å². The maximum absolute atomic E-state index is 14.2. The lowest BCUT2D eigenvalue weighted by atomic mass is 9.91. The highest BCUT2D eigenvalue weighted by Gasteiger charge is 2.48. The molecule has 2 aromatic rings. The number of halogens is 2. The first-order valence-electron chi connectivity index (χ1n) is 9.61. The number of carbonyl (C=O) groups excluding carboxylic acids is 2. The van der Waals surface area contributed by atoms with E-state index in [0.717, 1.165) is 11.3 Å². The van der Waals surface area contributed by atoms with E-state index in [0.29, 0.717) is 17.0 Å². The van der Waals surface area contributed by atoms with Crippen LogP contribution in [-0.4, -0.2) is 28.6 Å². The van der Waals surface area contributed by atoms with Gasteiger partial charge in [-0.25, -0.2) is 14.1 Å². The summed E-state index contributed by atoms with van der Waals surface area (Å²) in [7, 11) is 0. The Kier molecular flexibility index (Phi) is 6.87. The summed E-state index contributed by atoms with van der Waals surface area (Å²) in [4.78, 5) is 26.8. The number of rotatable bonds is 6. The van der Waals surface area contributed by atoms with Gasteiger partial charge in [-0.05, 0) is 36.6 Å². The molecular weight excluding hydrogens is 397 g/mol. The van der Waals surface area contributed by atoms with Crippen molar-refractivity contribution in [3.63, 3.8) is 0 Å². The van der Waals surface area contributed by atoms with Crippen LogP contribution in [0.3, 0.4) is 0 Å². The van der Waals surface area contributed by atoms with E-state index in [4.69, 9.17) is 16.3 Å². The second-order valence-electron chi connectivity index (χ2n) is 7.05. The van der Waals surface area contributed by atoms with Gasteiger partial charge in [0.2, 0.25) is 5.91 Å². The number of aliphatic hydroxyl groups excluding tert-OH is 1. The van der Waals surface area contributed by atoms with E-state index in [-0.39, 0.29) is 18.6 Å². The monoisotopic (exact) mass is 419 g/mol. The molecule has 0 aliphatic carbocycles. The lowest BCUT2D eigenvalue weighted by molar-refractivity contribution is -0.133. The fraction of sp³-hybridized carbons (Fsp3) is 0.364. The van der Waals surface area contributed by atoms with Crippen LogP contribution in [-0.2, 0) is 9.53 Å². The summed E-state index contributed by atoms with van der Waals surface area (Å²) < 4.78 is 19.4. The van der Waals surface area contributed by atoms with E-state index in [1.807, 2.05) is 6.92 Å². The summed E-state index contributed by atoms with van der Waals surface area (Å²) >= 11 is 5.95. The van der Waals surface area contributed by atoms with Gasteiger partial charge in [0, 0.05) is 10.6 Å². The van der Waals surface area contributed by atoms with Crippen molar-refractivity contribution in [1.82, 2.24) is 4.90 Å². The zero-order valence-corrected chi connectivity index (χ0v) is 16.8. The number of amides is 2. The molecule has 7 heteroatoms. The number of benzene rings is 2. The Bertz CT molecular complexity index is 873. The molecule has 3 unspecified atom stereocenters. The van der Waals surface area contributed by atoms with E-state index in [1.54, 1.807) is 30.3 Å². The molecule has 0 spiro atoms. The Balaban J connectivity index is 1.90. The van der Waals surface area contributed by atoms with Crippen LogP contribution in [0.2, 0.25) is 5.02 Å². The number of aliphatic hydroxyl groups is 1. The molecule has 0 aromatic heterocycles. The van der Waals surface area contributed by atoms with Crippen molar-refractivity contribution in [3.05, 3.63) is 70.5 Å². The fourth-order valence-corrected chi connectivity index (χ4v) is 3.66. The molecule has 5 nitrogen and oxygen atoms in total. The predicted octanol–water partition coefficient (Wildman–Crippen LogP) is 5.04. The lowest BCUT2D eigenvalue weighted by Crippen LogP contribution is -2.37. The molecule has 1 N–H and O–H groups in total. The number of ether oxygens (including phenoxy) is 1. The zero-order valence-electron chi connectivity index (χ0n) is 16.1. The molecule has 154 valence electrons. The Labute approximate surface area is 174 Å². The summed E-state index contributed by atoms with van der Waals surface area (Å²) in [5.41, 5.74) is 0.723. The first-order valence-corrected chi connectivity index (χ1v) is 9.99. The third kappa shape index (κ3) is 4.60. The number of imide groups is 1. The minimum Gasteiger partial charge on any atom is -0.449 e.